The van der Waals surface area contributed by atoms with E-state index in [0.717, 1.165) is 37.8 Å². The highest BCUT2D eigenvalue weighted by Gasteiger charge is 2.20. The predicted molar refractivity (Wildman–Crippen MR) is 85.5 cm³/mol. The van der Waals surface area contributed by atoms with E-state index in [4.69, 9.17) is 9.41 Å². The van der Waals surface area contributed by atoms with Gasteiger partial charge in [-0.25, -0.2) is 0 Å². The van der Waals surface area contributed by atoms with Gasteiger partial charge in [0.2, 0.25) is 0 Å². The Labute approximate surface area is 127 Å². The second kappa shape index (κ2) is 7.53. The van der Waals surface area contributed by atoms with E-state index in [1.165, 1.54) is 44.9 Å². The molecule has 2 heterocycles. The molecule has 1 saturated carbocycles. The van der Waals surface area contributed by atoms with Crippen molar-refractivity contribution in [3.05, 3.63) is 24.2 Å². The van der Waals surface area contributed by atoms with Crippen LogP contribution in [-0.2, 0) is 6.42 Å². The Balaban J connectivity index is 1.57. The molecule has 1 aliphatic carbocycles. The zero-order chi connectivity index (χ0) is 14.3. The lowest BCUT2D eigenvalue weighted by atomic mass is 9.96. The molecule has 1 N–H and O–H groups in total. The van der Waals surface area contributed by atoms with Crippen LogP contribution in [0.15, 0.2) is 27.8 Å². The highest BCUT2D eigenvalue weighted by Crippen LogP contribution is 2.18. The number of furan rings is 1. The van der Waals surface area contributed by atoms with Crippen LogP contribution in [0.3, 0.4) is 0 Å². The highest BCUT2D eigenvalue weighted by molar-refractivity contribution is 5.80. The predicted octanol–water partition coefficient (Wildman–Crippen LogP) is 3.20. The van der Waals surface area contributed by atoms with Gasteiger partial charge >= 0.3 is 0 Å². The van der Waals surface area contributed by atoms with Crippen molar-refractivity contribution in [2.24, 2.45) is 4.99 Å². The van der Waals surface area contributed by atoms with Gasteiger partial charge < -0.3 is 14.6 Å². The summed E-state index contributed by atoms with van der Waals surface area (Å²) in [5.74, 6) is 2.16. The third-order valence-corrected chi connectivity index (χ3v) is 4.54. The van der Waals surface area contributed by atoms with Crippen LogP contribution in [0.1, 0.15) is 50.7 Å². The maximum absolute atomic E-state index is 5.39. The summed E-state index contributed by atoms with van der Waals surface area (Å²) < 4.78 is 5.39. The van der Waals surface area contributed by atoms with E-state index in [1.807, 2.05) is 12.1 Å². The second-order valence-electron chi connectivity index (χ2n) is 6.21. The summed E-state index contributed by atoms with van der Waals surface area (Å²) in [5.41, 5.74) is 0. The largest absolute Gasteiger partial charge is 0.469 e. The summed E-state index contributed by atoms with van der Waals surface area (Å²) in [5, 5.41) is 3.72. The molecule has 0 atom stereocenters. The third-order valence-electron chi connectivity index (χ3n) is 4.54. The van der Waals surface area contributed by atoms with E-state index < -0.39 is 0 Å². The minimum atomic E-state index is 0.627. The zero-order valence-corrected chi connectivity index (χ0v) is 12.9. The van der Waals surface area contributed by atoms with Crippen molar-refractivity contribution in [2.75, 3.05) is 19.6 Å². The maximum Gasteiger partial charge on any atom is 0.194 e. The van der Waals surface area contributed by atoms with Crippen LogP contribution in [0.25, 0.3) is 0 Å². The van der Waals surface area contributed by atoms with E-state index in [0.29, 0.717) is 6.04 Å². The summed E-state index contributed by atoms with van der Waals surface area (Å²) in [7, 11) is 0. The summed E-state index contributed by atoms with van der Waals surface area (Å²) >= 11 is 0. The summed E-state index contributed by atoms with van der Waals surface area (Å²) in [6, 6.07) is 4.60. The maximum atomic E-state index is 5.39. The molecule has 1 aromatic heterocycles. The third kappa shape index (κ3) is 4.26. The molecule has 4 heteroatoms. The highest BCUT2D eigenvalue weighted by atomic mass is 16.3. The molecule has 1 aromatic rings. The van der Waals surface area contributed by atoms with Crippen LogP contribution in [0.4, 0.5) is 0 Å². The monoisotopic (exact) mass is 289 g/mol. The molecule has 116 valence electrons. The van der Waals surface area contributed by atoms with E-state index in [2.05, 4.69) is 10.2 Å². The van der Waals surface area contributed by atoms with Crippen LogP contribution in [0, 0.1) is 0 Å². The van der Waals surface area contributed by atoms with Gasteiger partial charge in [-0.1, -0.05) is 19.3 Å². The Morgan fingerprint density at radius 2 is 2.00 bits per heavy atom. The molecular formula is C17H27N3O. The lowest BCUT2D eigenvalue weighted by molar-refractivity contribution is 0.389. The molecule has 0 spiro atoms. The first-order valence-corrected chi connectivity index (χ1v) is 8.50. The minimum Gasteiger partial charge on any atom is -0.469 e. The Morgan fingerprint density at radius 1 is 1.19 bits per heavy atom. The van der Waals surface area contributed by atoms with Crippen molar-refractivity contribution in [3.8, 4) is 0 Å². The molecule has 0 amide bonds. The van der Waals surface area contributed by atoms with E-state index >= 15 is 0 Å². The average molecular weight is 289 g/mol. The SMILES string of the molecule is c1coc(CCN=C(NC2CCCCC2)N2CCCC2)c1. The van der Waals surface area contributed by atoms with Gasteiger partial charge in [0.15, 0.2) is 5.96 Å². The fraction of sp³-hybridized carbons (Fsp3) is 0.706. The molecule has 0 aromatic carbocycles. The van der Waals surface area contributed by atoms with Gasteiger partial charge in [-0.05, 0) is 37.8 Å². The fourth-order valence-corrected chi connectivity index (χ4v) is 3.32. The normalized spacial score (nSPS) is 21.0. The van der Waals surface area contributed by atoms with Crippen molar-refractivity contribution in [2.45, 2.75) is 57.4 Å². The van der Waals surface area contributed by atoms with Crippen LogP contribution in [-0.4, -0.2) is 36.5 Å². The van der Waals surface area contributed by atoms with Gasteiger partial charge in [-0.15, -0.1) is 0 Å². The molecule has 1 aliphatic heterocycles. The second-order valence-corrected chi connectivity index (χ2v) is 6.21. The van der Waals surface area contributed by atoms with E-state index in [-0.39, 0.29) is 0 Å². The molecular weight excluding hydrogens is 262 g/mol. The van der Waals surface area contributed by atoms with E-state index in [1.54, 1.807) is 6.26 Å². The minimum absolute atomic E-state index is 0.627. The van der Waals surface area contributed by atoms with Crippen LogP contribution >= 0.6 is 0 Å². The number of guanidine groups is 1. The quantitative estimate of drug-likeness (QED) is 0.683. The van der Waals surface area contributed by atoms with Gasteiger partial charge in [-0.3, -0.25) is 4.99 Å². The average Bonchev–Trinajstić information content (AvgIpc) is 3.21. The molecule has 0 bridgehead atoms. The lowest BCUT2D eigenvalue weighted by Crippen LogP contribution is -2.45. The van der Waals surface area contributed by atoms with Gasteiger partial charge in [0.05, 0.1) is 6.26 Å². The Morgan fingerprint density at radius 3 is 2.71 bits per heavy atom. The zero-order valence-electron chi connectivity index (χ0n) is 12.9. The Bertz CT molecular complexity index is 429. The summed E-state index contributed by atoms with van der Waals surface area (Å²) in [4.78, 5) is 7.27. The fourth-order valence-electron chi connectivity index (χ4n) is 3.32. The molecule has 4 nitrogen and oxygen atoms in total. The molecule has 3 rings (SSSR count). The number of nitrogens with one attached hydrogen (secondary N) is 1. The van der Waals surface area contributed by atoms with Crippen LogP contribution < -0.4 is 5.32 Å². The van der Waals surface area contributed by atoms with Crippen molar-refractivity contribution in [3.63, 3.8) is 0 Å². The van der Waals surface area contributed by atoms with Crippen molar-refractivity contribution >= 4 is 5.96 Å². The molecule has 2 fully saturated rings. The standard InChI is InChI=1S/C17H27N3O/c1-2-7-15(8-3-1)19-17(20-12-4-5-13-20)18-11-10-16-9-6-14-21-16/h6,9,14-15H,1-5,7-8,10-13H2,(H,18,19). The number of likely N-dealkylation sites (tertiary alicyclic amines) is 1. The van der Waals surface area contributed by atoms with E-state index in [9.17, 15) is 0 Å². The van der Waals surface area contributed by atoms with Gasteiger partial charge in [-0.2, -0.15) is 0 Å². The first-order chi connectivity index (χ1) is 10.4. The molecule has 0 radical (unpaired) electrons. The van der Waals surface area contributed by atoms with Crippen molar-refractivity contribution in [1.29, 1.82) is 0 Å². The molecule has 2 aliphatic rings. The van der Waals surface area contributed by atoms with Gasteiger partial charge in [0.25, 0.3) is 0 Å². The summed E-state index contributed by atoms with van der Waals surface area (Å²) in [6.45, 7) is 3.11. The molecule has 1 saturated heterocycles. The summed E-state index contributed by atoms with van der Waals surface area (Å²) in [6.07, 6.45) is 11.9. The number of hydrogen-bond acceptors (Lipinski definition) is 2. The Hall–Kier alpha value is -1.45. The van der Waals surface area contributed by atoms with Crippen LogP contribution in [0.5, 0.6) is 0 Å². The van der Waals surface area contributed by atoms with Crippen LogP contribution in [0.2, 0.25) is 0 Å². The van der Waals surface area contributed by atoms with Crippen molar-refractivity contribution in [1.82, 2.24) is 10.2 Å². The molecule has 21 heavy (non-hydrogen) atoms. The first kappa shape index (κ1) is 14.5. The smallest absolute Gasteiger partial charge is 0.194 e. The number of aliphatic imine (C=N–C) groups is 1. The lowest BCUT2D eigenvalue weighted by Gasteiger charge is -2.29. The first-order valence-electron chi connectivity index (χ1n) is 8.50. The number of nitrogens with zero attached hydrogens (tertiary/aromatic N) is 2. The molecule has 0 unspecified atom stereocenters. The number of rotatable bonds is 4. The number of hydrogen-bond donors (Lipinski definition) is 1. The van der Waals surface area contributed by atoms with Gasteiger partial charge in [0, 0.05) is 32.1 Å². The Kier molecular flexibility index (Phi) is 5.19. The van der Waals surface area contributed by atoms with Crippen molar-refractivity contribution < 1.29 is 4.42 Å². The van der Waals surface area contributed by atoms with Gasteiger partial charge in [0.1, 0.15) is 5.76 Å². The topological polar surface area (TPSA) is 40.8 Å².